The molecule has 5 nitrogen and oxygen atoms in total. The number of hydrogen-bond acceptors (Lipinski definition) is 5. The highest BCUT2D eigenvalue weighted by Gasteiger charge is 2.30. The van der Waals surface area contributed by atoms with Crippen LogP contribution in [0.25, 0.3) is 0 Å². The van der Waals surface area contributed by atoms with Crippen molar-refractivity contribution < 1.29 is 9.53 Å². The summed E-state index contributed by atoms with van der Waals surface area (Å²) in [7, 11) is 1.42. The second kappa shape index (κ2) is 6.98. The molecule has 0 radical (unpaired) electrons. The van der Waals surface area contributed by atoms with Crippen LogP contribution in [0, 0.1) is 0 Å². The Hall–Kier alpha value is -0.980. The molecule has 104 valence electrons. The van der Waals surface area contributed by atoms with Crippen LogP contribution >= 0.6 is 15.9 Å². The van der Waals surface area contributed by atoms with E-state index in [2.05, 4.69) is 31.1 Å². The number of rotatable bonds is 3. The summed E-state index contributed by atoms with van der Waals surface area (Å²) in [5, 5.41) is 3.33. The number of ether oxygens (including phenoxy) is 1. The molecular weight excluding hydrogens is 310 g/mol. The summed E-state index contributed by atoms with van der Waals surface area (Å²) >= 11 is 3.35. The van der Waals surface area contributed by atoms with Crippen molar-refractivity contribution in [2.24, 2.45) is 0 Å². The molecule has 0 aromatic carbocycles. The van der Waals surface area contributed by atoms with Crippen LogP contribution in [0.3, 0.4) is 0 Å². The summed E-state index contributed by atoms with van der Waals surface area (Å²) in [6.45, 7) is 3.55. The Bertz CT molecular complexity index is 416. The SMILES string of the molecule is COC(=O)C(c1ccc(Br)cn1)N1CCCNCC1. The number of carbonyl (C=O) groups is 1. The van der Waals surface area contributed by atoms with Crippen molar-refractivity contribution in [2.45, 2.75) is 12.5 Å². The third-order valence-electron chi connectivity index (χ3n) is 3.19. The van der Waals surface area contributed by atoms with E-state index < -0.39 is 6.04 Å². The Balaban J connectivity index is 2.24. The van der Waals surface area contributed by atoms with Crippen molar-refractivity contribution in [3.05, 3.63) is 28.5 Å². The van der Waals surface area contributed by atoms with Crippen molar-refractivity contribution in [1.82, 2.24) is 15.2 Å². The Morgan fingerprint density at radius 2 is 2.32 bits per heavy atom. The van der Waals surface area contributed by atoms with Gasteiger partial charge in [-0.3, -0.25) is 9.88 Å². The molecule has 0 spiro atoms. The average molecular weight is 328 g/mol. The number of halogens is 1. The van der Waals surface area contributed by atoms with Crippen molar-refractivity contribution in [3.63, 3.8) is 0 Å². The van der Waals surface area contributed by atoms with Gasteiger partial charge in [0.25, 0.3) is 0 Å². The first-order valence-corrected chi connectivity index (χ1v) is 7.15. The van der Waals surface area contributed by atoms with E-state index in [0.717, 1.165) is 42.8 Å². The molecule has 0 aliphatic carbocycles. The predicted octanol–water partition coefficient (Wildman–Crippen LogP) is 1.35. The number of methoxy groups -OCH3 is 1. The number of pyridine rings is 1. The second-order valence-electron chi connectivity index (χ2n) is 4.47. The molecule has 1 N–H and O–H groups in total. The Kier molecular flexibility index (Phi) is 5.30. The Morgan fingerprint density at radius 1 is 1.47 bits per heavy atom. The molecule has 1 atom stereocenters. The zero-order chi connectivity index (χ0) is 13.7. The third-order valence-corrected chi connectivity index (χ3v) is 3.66. The van der Waals surface area contributed by atoms with Crippen molar-refractivity contribution in [3.8, 4) is 0 Å². The van der Waals surface area contributed by atoms with Crippen LogP contribution in [0.15, 0.2) is 22.8 Å². The predicted molar refractivity (Wildman–Crippen MR) is 75.8 cm³/mol. The maximum atomic E-state index is 12.1. The van der Waals surface area contributed by atoms with E-state index in [-0.39, 0.29) is 5.97 Å². The summed E-state index contributed by atoms with van der Waals surface area (Å²) in [4.78, 5) is 18.5. The summed E-state index contributed by atoms with van der Waals surface area (Å²) in [5.74, 6) is -0.253. The lowest BCUT2D eigenvalue weighted by atomic mass is 10.1. The first kappa shape index (κ1) is 14.4. The van der Waals surface area contributed by atoms with Crippen LogP contribution in [0.4, 0.5) is 0 Å². The molecule has 2 heterocycles. The van der Waals surface area contributed by atoms with Gasteiger partial charge in [0.1, 0.15) is 0 Å². The zero-order valence-corrected chi connectivity index (χ0v) is 12.5. The first-order valence-electron chi connectivity index (χ1n) is 6.36. The molecule has 19 heavy (non-hydrogen) atoms. The molecule has 1 aromatic heterocycles. The summed E-state index contributed by atoms with van der Waals surface area (Å²) in [5.41, 5.74) is 0.733. The van der Waals surface area contributed by atoms with Gasteiger partial charge in [-0.15, -0.1) is 0 Å². The maximum Gasteiger partial charge on any atom is 0.329 e. The molecule has 1 aliphatic rings. The minimum atomic E-state index is -0.419. The zero-order valence-electron chi connectivity index (χ0n) is 10.9. The number of nitrogens with one attached hydrogen (secondary N) is 1. The van der Waals surface area contributed by atoms with Gasteiger partial charge in [-0.1, -0.05) is 0 Å². The monoisotopic (exact) mass is 327 g/mol. The van der Waals surface area contributed by atoms with Gasteiger partial charge in [-0.25, -0.2) is 4.79 Å². The maximum absolute atomic E-state index is 12.1. The fourth-order valence-electron chi connectivity index (χ4n) is 2.24. The van der Waals surface area contributed by atoms with E-state index in [1.807, 2.05) is 12.1 Å². The highest BCUT2D eigenvalue weighted by molar-refractivity contribution is 9.10. The second-order valence-corrected chi connectivity index (χ2v) is 5.38. The van der Waals surface area contributed by atoms with E-state index in [4.69, 9.17) is 4.74 Å². The summed E-state index contributed by atoms with van der Waals surface area (Å²) in [6.07, 6.45) is 2.73. The fourth-order valence-corrected chi connectivity index (χ4v) is 2.48. The van der Waals surface area contributed by atoms with Crippen LogP contribution in [-0.4, -0.2) is 49.1 Å². The molecule has 1 unspecified atom stereocenters. The van der Waals surface area contributed by atoms with Gasteiger partial charge in [0.05, 0.1) is 12.8 Å². The average Bonchev–Trinajstić information content (AvgIpc) is 2.70. The van der Waals surface area contributed by atoms with Gasteiger partial charge >= 0.3 is 5.97 Å². The standard InChI is InChI=1S/C13H18BrN3O2/c1-19-13(18)12(11-4-3-10(14)9-16-11)17-7-2-5-15-6-8-17/h3-4,9,12,15H,2,5-8H2,1H3. The lowest BCUT2D eigenvalue weighted by Crippen LogP contribution is -2.37. The van der Waals surface area contributed by atoms with Crippen molar-refractivity contribution >= 4 is 21.9 Å². The van der Waals surface area contributed by atoms with Crippen molar-refractivity contribution in [2.75, 3.05) is 33.3 Å². The molecule has 6 heteroatoms. The van der Waals surface area contributed by atoms with Gasteiger partial charge in [0, 0.05) is 30.3 Å². The number of nitrogens with zero attached hydrogens (tertiary/aromatic N) is 2. The minimum absolute atomic E-state index is 0.253. The van der Waals surface area contributed by atoms with Gasteiger partial charge in [0.15, 0.2) is 6.04 Å². The van der Waals surface area contributed by atoms with Gasteiger partial charge in [0.2, 0.25) is 0 Å². The highest BCUT2D eigenvalue weighted by Crippen LogP contribution is 2.22. The van der Waals surface area contributed by atoms with Gasteiger partial charge in [-0.2, -0.15) is 0 Å². The lowest BCUT2D eigenvalue weighted by Gasteiger charge is -2.27. The molecular formula is C13H18BrN3O2. The Morgan fingerprint density at radius 3 is 3.00 bits per heavy atom. The molecule has 2 rings (SSSR count). The van der Waals surface area contributed by atoms with Crippen LogP contribution < -0.4 is 5.32 Å². The van der Waals surface area contributed by atoms with E-state index in [0.29, 0.717) is 0 Å². The molecule has 0 bridgehead atoms. The number of carbonyl (C=O) groups excluding carboxylic acids is 1. The van der Waals surface area contributed by atoms with Gasteiger partial charge in [-0.05, 0) is 41.0 Å². The van der Waals surface area contributed by atoms with E-state index >= 15 is 0 Å². The Labute approximate surface area is 121 Å². The normalized spacial score (nSPS) is 18.6. The van der Waals surface area contributed by atoms with E-state index in [9.17, 15) is 4.79 Å². The smallest absolute Gasteiger partial charge is 0.329 e. The topological polar surface area (TPSA) is 54.5 Å². The molecule has 0 amide bonds. The molecule has 1 aromatic rings. The number of hydrogen-bond donors (Lipinski definition) is 1. The van der Waals surface area contributed by atoms with Crippen molar-refractivity contribution in [1.29, 1.82) is 0 Å². The minimum Gasteiger partial charge on any atom is -0.468 e. The van der Waals surface area contributed by atoms with E-state index in [1.54, 1.807) is 6.20 Å². The van der Waals surface area contributed by atoms with Crippen LogP contribution in [0.5, 0.6) is 0 Å². The number of esters is 1. The highest BCUT2D eigenvalue weighted by atomic mass is 79.9. The molecule has 0 saturated carbocycles. The third kappa shape index (κ3) is 3.75. The van der Waals surface area contributed by atoms with Gasteiger partial charge < -0.3 is 10.1 Å². The molecule has 1 saturated heterocycles. The first-order chi connectivity index (χ1) is 9.22. The fraction of sp³-hybridized carbons (Fsp3) is 0.538. The largest absolute Gasteiger partial charge is 0.468 e. The van der Waals surface area contributed by atoms with Crippen LogP contribution in [-0.2, 0) is 9.53 Å². The lowest BCUT2D eigenvalue weighted by molar-refractivity contribution is -0.147. The summed E-state index contributed by atoms with van der Waals surface area (Å²) in [6, 6.07) is 3.34. The van der Waals surface area contributed by atoms with Crippen LogP contribution in [0.2, 0.25) is 0 Å². The molecule has 1 aliphatic heterocycles. The molecule has 1 fully saturated rings. The quantitative estimate of drug-likeness (QED) is 0.849. The van der Waals surface area contributed by atoms with E-state index in [1.165, 1.54) is 7.11 Å². The number of aromatic nitrogens is 1. The summed E-state index contributed by atoms with van der Waals surface area (Å²) < 4.78 is 5.84. The van der Waals surface area contributed by atoms with Crippen LogP contribution in [0.1, 0.15) is 18.2 Å².